The van der Waals surface area contributed by atoms with E-state index in [2.05, 4.69) is 43.5 Å². The third-order valence-corrected chi connectivity index (χ3v) is 10.7. The average Bonchev–Trinajstić information content (AvgIpc) is 3.14. The summed E-state index contributed by atoms with van der Waals surface area (Å²) in [5, 5.41) is 13.6. The second-order valence-corrected chi connectivity index (χ2v) is 16.3. The van der Waals surface area contributed by atoms with Gasteiger partial charge < -0.3 is 21.1 Å². The van der Waals surface area contributed by atoms with E-state index >= 15 is 0 Å². The number of hydrogen-bond acceptors (Lipinski definition) is 6. The third-order valence-electron chi connectivity index (χ3n) is 9.69. The Kier molecular flexibility index (Phi) is 39.4. The number of hydrogen-bond donors (Lipinski definition) is 4. The number of phosphoric ester groups is 1. The highest BCUT2D eigenvalue weighted by Crippen LogP contribution is 2.43. The minimum Gasteiger partial charge on any atom is -0.387 e. The smallest absolute Gasteiger partial charge is 0.387 e. The second-order valence-electron chi connectivity index (χ2n) is 14.9. The van der Waals surface area contributed by atoms with Crippen molar-refractivity contribution < 1.29 is 28.4 Å². The van der Waals surface area contributed by atoms with Gasteiger partial charge in [0.2, 0.25) is 5.91 Å². The Hall–Kier alpha value is -1.28. The zero-order valence-electron chi connectivity index (χ0n) is 34.5. The van der Waals surface area contributed by atoms with Crippen molar-refractivity contribution in [2.45, 2.75) is 219 Å². The van der Waals surface area contributed by atoms with Gasteiger partial charge in [0.1, 0.15) is 0 Å². The molecule has 0 spiro atoms. The molecule has 1 amide bonds. The van der Waals surface area contributed by atoms with Gasteiger partial charge in [0, 0.05) is 13.0 Å². The van der Waals surface area contributed by atoms with Crippen LogP contribution in [0.25, 0.3) is 0 Å². The van der Waals surface area contributed by atoms with Gasteiger partial charge in [-0.05, 0) is 57.8 Å². The van der Waals surface area contributed by atoms with Crippen LogP contribution in [0.15, 0.2) is 36.5 Å². The molecule has 9 heteroatoms. The predicted octanol–water partition coefficient (Wildman–Crippen LogP) is 12.3. The van der Waals surface area contributed by atoms with Crippen LogP contribution in [0.5, 0.6) is 0 Å². The molecule has 3 unspecified atom stereocenters. The Morgan fingerprint density at radius 2 is 1.00 bits per heavy atom. The fraction of sp³-hybridized carbons (Fsp3) is 0.841. The molecule has 0 aliphatic heterocycles. The van der Waals surface area contributed by atoms with E-state index in [0.717, 1.165) is 51.4 Å². The number of carbonyl (C=O) groups excluding carboxylic acids is 1. The van der Waals surface area contributed by atoms with E-state index in [1.807, 2.05) is 6.08 Å². The van der Waals surface area contributed by atoms with E-state index in [-0.39, 0.29) is 25.7 Å². The minimum atomic E-state index is -4.35. The Labute approximate surface area is 327 Å². The molecule has 8 nitrogen and oxygen atoms in total. The second kappa shape index (κ2) is 40.4. The Bertz CT molecular complexity index is 928. The number of allylic oxidation sites excluding steroid dienone is 5. The van der Waals surface area contributed by atoms with Crippen molar-refractivity contribution in [2.24, 2.45) is 5.73 Å². The molecular weight excluding hydrogens is 683 g/mol. The molecule has 3 atom stereocenters. The molecule has 0 radical (unpaired) electrons. The van der Waals surface area contributed by atoms with Crippen LogP contribution in [0, 0.1) is 0 Å². The van der Waals surface area contributed by atoms with Gasteiger partial charge >= 0.3 is 7.82 Å². The van der Waals surface area contributed by atoms with Gasteiger partial charge in [-0.15, -0.1) is 0 Å². The van der Waals surface area contributed by atoms with Crippen molar-refractivity contribution in [3.05, 3.63) is 36.5 Å². The molecule has 0 aromatic rings. The molecule has 312 valence electrons. The maximum atomic E-state index is 12.7. The number of nitrogens with one attached hydrogen (secondary N) is 1. The van der Waals surface area contributed by atoms with E-state index in [1.165, 1.54) is 135 Å². The molecule has 0 saturated carbocycles. The van der Waals surface area contributed by atoms with Crippen LogP contribution in [-0.2, 0) is 18.4 Å². The maximum absolute atomic E-state index is 12.7. The van der Waals surface area contributed by atoms with E-state index in [4.69, 9.17) is 14.8 Å². The number of aliphatic hydroxyl groups is 1. The van der Waals surface area contributed by atoms with Crippen molar-refractivity contribution in [3.8, 4) is 0 Å². The van der Waals surface area contributed by atoms with Crippen LogP contribution in [-0.4, -0.2) is 47.8 Å². The van der Waals surface area contributed by atoms with E-state index in [9.17, 15) is 19.4 Å². The average molecular weight is 769 g/mol. The number of aliphatic hydroxyl groups excluding tert-OH is 1. The first-order valence-electron chi connectivity index (χ1n) is 22.1. The quantitative estimate of drug-likeness (QED) is 0.0277. The minimum absolute atomic E-state index is 0.0726. The first-order valence-corrected chi connectivity index (χ1v) is 23.6. The highest BCUT2D eigenvalue weighted by atomic mass is 31.2. The summed E-state index contributed by atoms with van der Waals surface area (Å²) in [6.07, 6.45) is 47.7. The first kappa shape index (κ1) is 51.7. The van der Waals surface area contributed by atoms with Crippen molar-refractivity contribution in [3.63, 3.8) is 0 Å². The topological polar surface area (TPSA) is 131 Å². The predicted molar refractivity (Wildman–Crippen MR) is 226 cm³/mol. The highest BCUT2D eigenvalue weighted by molar-refractivity contribution is 7.47. The standard InChI is InChI=1S/C44H85N2O6P/c1-3-5-7-9-11-13-15-17-18-19-20-21-22-23-24-26-27-29-31-33-35-37-43(47)42(41-52-53(49,50)51-40-39-45)46-44(48)38-36-34-32-30-28-25-16-14-12-10-8-6-4-2/h14,16,27,29,35,37,42-43,47H,3-13,15,17-26,28,30-34,36,38-41,45H2,1-2H3,(H,46,48)(H,49,50)/b16-14-,29-27+,37-35+. The molecular formula is C44H85N2O6P. The number of carbonyl (C=O) groups is 1. The zero-order valence-corrected chi connectivity index (χ0v) is 35.4. The van der Waals surface area contributed by atoms with Gasteiger partial charge in [0.15, 0.2) is 0 Å². The van der Waals surface area contributed by atoms with E-state index in [1.54, 1.807) is 6.08 Å². The maximum Gasteiger partial charge on any atom is 0.472 e. The molecule has 0 fully saturated rings. The lowest BCUT2D eigenvalue weighted by Gasteiger charge is -2.23. The summed E-state index contributed by atoms with van der Waals surface area (Å²) in [6.45, 7) is 4.10. The molecule has 5 N–H and O–H groups in total. The Morgan fingerprint density at radius 3 is 1.47 bits per heavy atom. The fourth-order valence-electron chi connectivity index (χ4n) is 6.32. The molecule has 0 rings (SSSR count). The molecule has 0 aromatic heterocycles. The summed E-state index contributed by atoms with van der Waals surface area (Å²) in [5.74, 6) is -0.213. The molecule has 0 saturated heterocycles. The van der Waals surface area contributed by atoms with Crippen molar-refractivity contribution in [1.82, 2.24) is 5.32 Å². The molecule has 0 aromatic carbocycles. The number of unbranched alkanes of at least 4 members (excludes halogenated alkanes) is 25. The van der Waals surface area contributed by atoms with Crippen molar-refractivity contribution in [1.29, 1.82) is 0 Å². The van der Waals surface area contributed by atoms with Crippen molar-refractivity contribution >= 4 is 13.7 Å². The Morgan fingerprint density at radius 1 is 0.604 bits per heavy atom. The summed E-state index contributed by atoms with van der Waals surface area (Å²) >= 11 is 0. The van der Waals surface area contributed by atoms with Crippen LogP contribution in [0.2, 0.25) is 0 Å². The summed E-state index contributed by atoms with van der Waals surface area (Å²) in [6, 6.07) is -0.880. The Balaban J connectivity index is 4.23. The molecule has 0 bridgehead atoms. The lowest BCUT2D eigenvalue weighted by atomic mass is 10.0. The molecule has 53 heavy (non-hydrogen) atoms. The normalized spacial score (nSPS) is 14.4. The van der Waals surface area contributed by atoms with Gasteiger partial charge in [-0.25, -0.2) is 4.57 Å². The summed E-state index contributed by atoms with van der Waals surface area (Å²) in [5.41, 5.74) is 5.37. The van der Waals surface area contributed by atoms with Crippen LogP contribution >= 0.6 is 7.82 Å². The number of phosphoric acid groups is 1. The van der Waals surface area contributed by atoms with Gasteiger partial charge in [-0.3, -0.25) is 13.8 Å². The van der Waals surface area contributed by atoms with E-state index < -0.39 is 20.0 Å². The summed E-state index contributed by atoms with van der Waals surface area (Å²) in [7, 11) is -4.35. The molecule has 0 aliphatic rings. The number of nitrogens with two attached hydrogens (primary N) is 1. The lowest BCUT2D eigenvalue weighted by molar-refractivity contribution is -0.123. The zero-order chi connectivity index (χ0) is 38.9. The van der Waals surface area contributed by atoms with Gasteiger partial charge in [0.05, 0.1) is 25.4 Å². The SMILES string of the molecule is CCCCCC/C=C\CCCCCCCC(=O)NC(COP(=O)(O)OCCN)C(O)/C=C/CC/C=C/CCCCCCCCCCCCCCCCC. The van der Waals surface area contributed by atoms with Gasteiger partial charge in [-0.2, -0.15) is 0 Å². The van der Waals surface area contributed by atoms with Crippen LogP contribution in [0.4, 0.5) is 0 Å². The van der Waals surface area contributed by atoms with E-state index in [0.29, 0.717) is 6.42 Å². The van der Waals surface area contributed by atoms with Crippen LogP contribution in [0.3, 0.4) is 0 Å². The first-order chi connectivity index (χ1) is 25.9. The number of amides is 1. The van der Waals surface area contributed by atoms with Crippen LogP contribution in [0.1, 0.15) is 206 Å². The monoisotopic (exact) mass is 769 g/mol. The summed E-state index contributed by atoms with van der Waals surface area (Å²) < 4.78 is 22.1. The lowest BCUT2D eigenvalue weighted by Crippen LogP contribution is -2.45. The van der Waals surface area contributed by atoms with Gasteiger partial charge in [-0.1, -0.05) is 179 Å². The third kappa shape index (κ3) is 38.8. The van der Waals surface area contributed by atoms with Crippen LogP contribution < -0.4 is 11.1 Å². The van der Waals surface area contributed by atoms with Gasteiger partial charge in [0.25, 0.3) is 0 Å². The fourth-order valence-corrected chi connectivity index (χ4v) is 7.08. The molecule has 0 heterocycles. The largest absolute Gasteiger partial charge is 0.472 e. The summed E-state index contributed by atoms with van der Waals surface area (Å²) in [4.78, 5) is 22.7. The molecule has 0 aliphatic carbocycles. The highest BCUT2D eigenvalue weighted by Gasteiger charge is 2.26. The number of rotatable bonds is 41. The van der Waals surface area contributed by atoms with Crippen molar-refractivity contribution in [2.75, 3.05) is 19.8 Å².